The Morgan fingerprint density at radius 3 is 1.93 bits per heavy atom. The van der Waals surface area contributed by atoms with Crippen LogP contribution in [-0.4, -0.2) is 34.6 Å². The first-order chi connectivity index (χ1) is 13.4. The number of nitrogens with zero attached hydrogens (tertiary/aromatic N) is 3. The summed E-state index contributed by atoms with van der Waals surface area (Å²) < 4.78 is 0. The van der Waals surface area contributed by atoms with Crippen LogP contribution in [0.2, 0.25) is 0 Å². The van der Waals surface area contributed by atoms with Gasteiger partial charge in [-0.2, -0.15) is 0 Å². The van der Waals surface area contributed by atoms with E-state index in [1.165, 1.54) is 12.8 Å². The van der Waals surface area contributed by atoms with E-state index in [4.69, 9.17) is 4.98 Å². The molecule has 0 fully saturated rings. The van der Waals surface area contributed by atoms with Crippen molar-refractivity contribution in [3.05, 3.63) is 60.9 Å². The molecule has 0 saturated carbocycles. The van der Waals surface area contributed by atoms with Crippen LogP contribution in [-0.2, 0) is 0 Å². The molecule has 140 valence electrons. The second kappa shape index (κ2) is 10.4. The molecule has 5 nitrogen and oxygen atoms in total. The number of pyridine rings is 3. The summed E-state index contributed by atoms with van der Waals surface area (Å²) in [5, 5.41) is 7.00. The number of hydrogen-bond acceptors (Lipinski definition) is 5. The zero-order valence-corrected chi connectivity index (χ0v) is 15.9. The lowest BCUT2D eigenvalue weighted by atomic mass is 10.1. The van der Waals surface area contributed by atoms with Gasteiger partial charge in [0.2, 0.25) is 0 Å². The Hall–Kier alpha value is -2.79. The van der Waals surface area contributed by atoms with Crippen LogP contribution in [0.5, 0.6) is 0 Å². The molecule has 0 atom stereocenters. The van der Waals surface area contributed by atoms with E-state index in [1.807, 2.05) is 36.4 Å². The normalized spacial score (nSPS) is 10.7. The molecule has 0 amide bonds. The van der Waals surface area contributed by atoms with Crippen LogP contribution in [0, 0.1) is 0 Å². The average molecular weight is 361 g/mol. The molecule has 3 aromatic heterocycles. The Balaban J connectivity index is 1.73. The third-order valence-electron chi connectivity index (χ3n) is 4.25. The highest BCUT2D eigenvalue weighted by molar-refractivity contribution is 5.68. The van der Waals surface area contributed by atoms with Gasteiger partial charge in [0.05, 0.1) is 22.8 Å². The number of anilines is 1. The van der Waals surface area contributed by atoms with Crippen LogP contribution in [0.4, 0.5) is 5.69 Å². The van der Waals surface area contributed by atoms with Crippen molar-refractivity contribution in [2.24, 2.45) is 0 Å². The van der Waals surface area contributed by atoms with Crippen molar-refractivity contribution in [2.75, 3.05) is 25.0 Å². The predicted molar refractivity (Wildman–Crippen MR) is 112 cm³/mol. The molecule has 0 aliphatic carbocycles. The number of rotatable bonds is 10. The lowest BCUT2D eigenvalue weighted by Gasteiger charge is -2.11. The average Bonchev–Trinajstić information content (AvgIpc) is 2.74. The standard InChI is InChI=1S/C22H27N5/c1-2-3-11-23-12-8-15-24-18-16-21(19-9-4-6-13-25-19)27-22(17-18)20-10-5-7-14-26-20/h4-7,9-10,13-14,16-17,23H,2-3,8,11-12,15H2,1H3,(H,24,27). The maximum absolute atomic E-state index is 4.77. The van der Waals surface area contributed by atoms with Gasteiger partial charge in [-0.15, -0.1) is 0 Å². The van der Waals surface area contributed by atoms with Crippen molar-refractivity contribution in [2.45, 2.75) is 26.2 Å². The van der Waals surface area contributed by atoms with Crippen LogP contribution < -0.4 is 10.6 Å². The third kappa shape index (κ3) is 5.86. The maximum atomic E-state index is 4.77. The van der Waals surface area contributed by atoms with Gasteiger partial charge in [0.25, 0.3) is 0 Å². The Kier molecular flexibility index (Phi) is 7.30. The van der Waals surface area contributed by atoms with E-state index < -0.39 is 0 Å². The highest BCUT2D eigenvalue weighted by atomic mass is 14.9. The molecular formula is C22H27N5. The monoisotopic (exact) mass is 361 g/mol. The number of hydrogen-bond donors (Lipinski definition) is 2. The fourth-order valence-electron chi connectivity index (χ4n) is 2.80. The van der Waals surface area contributed by atoms with Gasteiger partial charge < -0.3 is 10.6 Å². The molecule has 0 aliphatic rings. The van der Waals surface area contributed by atoms with Gasteiger partial charge in [0, 0.05) is 24.6 Å². The van der Waals surface area contributed by atoms with Crippen LogP contribution in [0.3, 0.4) is 0 Å². The molecule has 27 heavy (non-hydrogen) atoms. The number of nitrogens with one attached hydrogen (secondary N) is 2. The van der Waals surface area contributed by atoms with Crippen LogP contribution in [0.1, 0.15) is 26.2 Å². The molecular weight excluding hydrogens is 334 g/mol. The van der Waals surface area contributed by atoms with Crippen molar-refractivity contribution in [1.29, 1.82) is 0 Å². The molecule has 0 spiro atoms. The van der Waals surface area contributed by atoms with Crippen molar-refractivity contribution in [1.82, 2.24) is 20.3 Å². The van der Waals surface area contributed by atoms with Crippen molar-refractivity contribution in [3.8, 4) is 22.8 Å². The second-order valence-electron chi connectivity index (χ2n) is 6.44. The second-order valence-corrected chi connectivity index (χ2v) is 6.44. The number of unbranched alkanes of at least 4 members (excludes halogenated alkanes) is 1. The van der Waals surface area contributed by atoms with Gasteiger partial charge in [0.15, 0.2) is 0 Å². The van der Waals surface area contributed by atoms with E-state index in [1.54, 1.807) is 12.4 Å². The van der Waals surface area contributed by atoms with E-state index in [9.17, 15) is 0 Å². The predicted octanol–water partition coefficient (Wildman–Crippen LogP) is 4.40. The molecule has 0 bridgehead atoms. The first-order valence-corrected chi connectivity index (χ1v) is 9.66. The number of aromatic nitrogens is 3. The van der Waals surface area contributed by atoms with E-state index >= 15 is 0 Å². The molecule has 3 aromatic rings. The van der Waals surface area contributed by atoms with Crippen molar-refractivity contribution >= 4 is 5.69 Å². The topological polar surface area (TPSA) is 62.7 Å². The van der Waals surface area contributed by atoms with E-state index in [2.05, 4.69) is 39.7 Å². The van der Waals surface area contributed by atoms with Crippen LogP contribution in [0.25, 0.3) is 22.8 Å². The Bertz CT molecular complexity index is 748. The molecule has 3 heterocycles. The van der Waals surface area contributed by atoms with Gasteiger partial charge in [0.1, 0.15) is 0 Å². The van der Waals surface area contributed by atoms with Crippen molar-refractivity contribution in [3.63, 3.8) is 0 Å². The zero-order chi connectivity index (χ0) is 18.7. The SMILES string of the molecule is CCCCNCCCNc1cc(-c2ccccn2)nc(-c2ccccn2)c1. The lowest BCUT2D eigenvalue weighted by molar-refractivity contribution is 0.626. The molecule has 5 heteroatoms. The minimum atomic E-state index is 0.849. The quantitative estimate of drug-likeness (QED) is 0.524. The Morgan fingerprint density at radius 2 is 1.37 bits per heavy atom. The first-order valence-electron chi connectivity index (χ1n) is 9.66. The van der Waals surface area contributed by atoms with Gasteiger partial charge in [-0.3, -0.25) is 9.97 Å². The molecule has 0 aromatic carbocycles. The molecule has 0 unspecified atom stereocenters. The molecule has 0 saturated heterocycles. The summed E-state index contributed by atoms with van der Waals surface area (Å²) in [7, 11) is 0. The summed E-state index contributed by atoms with van der Waals surface area (Å²) in [6, 6.07) is 15.9. The van der Waals surface area contributed by atoms with Gasteiger partial charge in [-0.05, 0) is 62.3 Å². The smallest absolute Gasteiger partial charge is 0.0914 e. The third-order valence-corrected chi connectivity index (χ3v) is 4.25. The summed E-state index contributed by atoms with van der Waals surface area (Å²) in [4.78, 5) is 13.7. The largest absolute Gasteiger partial charge is 0.385 e. The van der Waals surface area contributed by atoms with E-state index in [-0.39, 0.29) is 0 Å². The summed E-state index contributed by atoms with van der Waals surface area (Å²) in [6.45, 7) is 5.25. The molecule has 2 N–H and O–H groups in total. The summed E-state index contributed by atoms with van der Waals surface area (Å²) in [5.74, 6) is 0. The molecule has 3 rings (SSSR count). The van der Waals surface area contributed by atoms with Crippen LogP contribution >= 0.6 is 0 Å². The minimum absolute atomic E-state index is 0.849. The highest BCUT2D eigenvalue weighted by Gasteiger charge is 2.08. The fourth-order valence-corrected chi connectivity index (χ4v) is 2.80. The fraction of sp³-hybridized carbons (Fsp3) is 0.318. The van der Waals surface area contributed by atoms with Crippen LogP contribution in [0.15, 0.2) is 60.9 Å². The molecule has 0 radical (unpaired) electrons. The highest BCUT2D eigenvalue weighted by Crippen LogP contribution is 2.25. The summed E-state index contributed by atoms with van der Waals surface area (Å²) in [5.41, 5.74) is 4.46. The van der Waals surface area contributed by atoms with Gasteiger partial charge >= 0.3 is 0 Å². The molecule has 0 aliphatic heterocycles. The summed E-state index contributed by atoms with van der Waals surface area (Å²) in [6.07, 6.45) is 7.12. The summed E-state index contributed by atoms with van der Waals surface area (Å²) >= 11 is 0. The zero-order valence-electron chi connectivity index (χ0n) is 15.9. The van der Waals surface area contributed by atoms with Gasteiger partial charge in [-0.25, -0.2) is 4.98 Å². The van der Waals surface area contributed by atoms with E-state index in [0.717, 1.165) is 54.5 Å². The lowest BCUT2D eigenvalue weighted by Crippen LogP contribution is -2.19. The maximum Gasteiger partial charge on any atom is 0.0914 e. The Labute approximate surface area is 161 Å². The minimum Gasteiger partial charge on any atom is -0.385 e. The van der Waals surface area contributed by atoms with E-state index in [0.29, 0.717) is 0 Å². The Morgan fingerprint density at radius 1 is 0.741 bits per heavy atom. The van der Waals surface area contributed by atoms with Crippen molar-refractivity contribution < 1.29 is 0 Å². The first kappa shape index (κ1) is 19.0. The van der Waals surface area contributed by atoms with Gasteiger partial charge in [-0.1, -0.05) is 25.5 Å².